The lowest BCUT2D eigenvalue weighted by molar-refractivity contribution is -0.115. The van der Waals surface area contributed by atoms with E-state index in [0.29, 0.717) is 0 Å². The molecule has 0 fully saturated rings. The van der Waals surface area contributed by atoms with Gasteiger partial charge in [-0.05, 0) is 55.8 Å². The van der Waals surface area contributed by atoms with Crippen LogP contribution < -0.4 is 10.6 Å². The molecule has 0 heterocycles. The standard InChI is InChI=1S/C23H19Cl3N2O5S/c1-12-4-3-5-15(8-12)34(32,33)13(2)22(30)27-19-11-21(29)20(10-18(19)26)28-23(31)14-6-7-16(24)17(25)9-14/h3-11,13,29H,1-2H3,(H,27,30)(H,28,31). The van der Waals surface area contributed by atoms with E-state index in [9.17, 15) is 23.1 Å². The molecule has 2 amide bonds. The summed E-state index contributed by atoms with van der Waals surface area (Å²) >= 11 is 18.0. The van der Waals surface area contributed by atoms with E-state index in [1.54, 1.807) is 19.1 Å². The van der Waals surface area contributed by atoms with Gasteiger partial charge in [-0.1, -0.05) is 46.9 Å². The van der Waals surface area contributed by atoms with E-state index in [0.717, 1.165) is 11.6 Å². The molecule has 0 saturated carbocycles. The van der Waals surface area contributed by atoms with Crippen molar-refractivity contribution in [3.05, 3.63) is 80.8 Å². The smallest absolute Gasteiger partial charge is 0.255 e. The summed E-state index contributed by atoms with van der Waals surface area (Å²) in [5.41, 5.74) is 0.875. The van der Waals surface area contributed by atoms with Crippen LogP contribution in [0.1, 0.15) is 22.8 Å². The highest BCUT2D eigenvalue weighted by Gasteiger charge is 2.30. The minimum Gasteiger partial charge on any atom is -0.506 e. The SMILES string of the molecule is Cc1cccc(S(=O)(=O)C(C)C(=O)Nc2cc(O)c(NC(=O)c3ccc(Cl)c(Cl)c3)cc2Cl)c1. The van der Waals surface area contributed by atoms with Gasteiger partial charge in [0, 0.05) is 11.6 Å². The van der Waals surface area contributed by atoms with Crippen molar-refractivity contribution in [1.82, 2.24) is 0 Å². The fraction of sp³-hybridized carbons (Fsp3) is 0.130. The molecule has 0 radical (unpaired) electrons. The predicted molar refractivity (Wildman–Crippen MR) is 134 cm³/mol. The van der Waals surface area contributed by atoms with Crippen molar-refractivity contribution in [2.45, 2.75) is 24.0 Å². The third-order valence-electron chi connectivity index (χ3n) is 4.93. The maximum atomic E-state index is 12.8. The fourth-order valence-corrected chi connectivity index (χ4v) is 4.84. The number of amides is 2. The summed E-state index contributed by atoms with van der Waals surface area (Å²) in [5.74, 6) is -1.82. The average molecular weight is 542 g/mol. The van der Waals surface area contributed by atoms with Gasteiger partial charge in [0.2, 0.25) is 5.91 Å². The summed E-state index contributed by atoms with van der Waals surface area (Å²) in [6.07, 6.45) is 0. The van der Waals surface area contributed by atoms with Gasteiger partial charge in [-0.3, -0.25) is 9.59 Å². The van der Waals surface area contributed by atoms with E-state index in [2.05, 4.69) is 10.6 Å². The van der Waals surface area contributed by atoms with E-state index in [-0.39, 0.29) is 36.9 Å². The Hall–Kier alpha value is -2.78. The molecule has 0 bridgehead atoms. The zero-order valence-corrected chi connectivity index (χ0v) is 21.0. The van der Waals surface area contributed by atoms with Crippen LogP contribution in [0.4, 0.5) is 11.4 Å². The molecule has 1 unspecified atom stereocenters. The second kappa shape index (κ2) is 10.2. The van der Waals surface area contributed by atoms with Gasteiger partial charge in [0.1, 0.15) is 11.0 Å². The third kappa shape index (κ3) is 5.64. The number of halogens is 3. The quantitative estimate of drug-likeness (QED) is 0.346. The molecule has 3 rings (SSSR count). The first kappa shape index (κ1) is 25.8. The molecule has 11 heteroatoms. The minimum atomic E-state index is -3.96. The van der Waals surface area contributed by atoms with E-state index >= 15 is 0 Å². The number of benzene rings is 3. The number of carbonyl (C=O) groups excluding carboxylic acids is 2. The first-order valence-electron chi connectivity index (χ1n) is 9.80. The molecule has 1 atom stereocenters. The van der Waals surface area contributed by atoms with Gasteiger partial charge >= 0.3 is 0 Å². The lowest BCUT2D eigenvalue weighted by Gasteiger charge is -2.16. The zero-order chi connectivity index (χ0) is 25.2. The van der Waals surface area contributed by atoms with Gasteiger partial charge in [-0.15, -0.1) is 0 Å². The maximum Gasteiger partial charge on any atom is 0.255 e. The molecule has 7 nitrogen and oxygen atoms in total. The number of sulfone groups is 1. The van der Waals surface area contributed by atoms with Crippen molar-refractivity contribution < 1.29 is 23.1 Å². The number of carbonyl (C=O) groups is 2. The molecule has 0 aromatic heterocycles. The number of rotatable bonds is 6. The topological polar surface area (TPSA) is 113 Å². The first-order valence-corrected chi connectivity index (χ1v) is 12.5. The molecule has 0 aliphatic carbocycles. The number of aromatic hydroxyl groups is 1. The average Bonchev–Trinajstić information content (AvgIpc) is 2.78. The Morgan fingerprint density at radius 2 is 1.59 bits per heavy atom. The Balaban J connectivity index is 1.78. The van der Waals surface area contributed by atoms with E-state index in [1.807, 2.05) is 0 Å². The summed E-state index contributed by atoms with van der Waals surface area (Å²) < 4.78 is 25.6. The monoisotopic (exact) mass is 540 g/mol. The summed E-state index contributed by atoms with van der Waals surface area (Å²) in [7, 11) is -3.96. The highest BCUT2D eigenvalue weighted by Crippen LogP contribution is 2.35. The van der Waals surface area contributed by atoms with Gasteiger partial charge in [-0.2, -0.15) is 0 Å². The van der Waals surface area contributed by atoms with Crippen LogP contribution in [0.15, 0.2) is 59.5 Å². The molecule has 3 N–H and O–H groups in total. The molecule has 3 aromatic rings. The summed E-state index contributed by atoms with van der Waals surface area (Å²) in [5, 5.41) is 14.2. The highest BCUT2D eigenvalue weighted by molar-refractivity contribution is 7.92. The van der Waals surface area contributed by atoms with E-state index < -0.39 is 32.7 Å². The second-order valence-electron chi connectivity index (χ2n) is 7.43. The molecule has 0 aliphatic heterocycles. The number of hydrogen-bond donors (Lipinski definition) is 3. The van der Waals surface area contributed by atoms with Crippen LogP contribution in [0.2, 0.25) is 15.1 Å². The molecule has 178 valence electrons. The molecule has 34 heavy (non-hydrogen) atoms. The van der Waals surface area contributed by atoms with Crippen molar-refractivity contribution >= 4 is 67.8 Å². The second-order valence-corrected chi connectivity index (χ2v) is 10.9. The molecule has 3 aromatic carbocycles. The number of phenols is 1. The van der Waals surface area contributed by atoms with E-state index in [1.165, 1.54) is 43.3 Å². The van der Waals surface area contributed by atoms with Gasteiger partial charge in [0.15, 0.2) is 9.84 Å². The number of phenolic OH excluding ortho intramolecular Hbond substituents is 1. The van der Waals surface area contributed by atoms with Crippen molar-refractivity contribution in [3.8, 4) is 5.75 Å². The van der Waals surface area contributed by atoms with Crippen LogP contribution >= 0.6 is 34.8 Å². The van der Waals surface area contributed by atoms with Crippen molar-refractivity contribution in [3.63, 3.8) is 0 Å². The predicted octanol–water partition coefficient (Wildman–Crippen LogP) is 5.71. The Morgan fingerprint density at radius 1 is 0.882 bits per heavy atom. The van der Waals surface area contributed by atoms with Crippen molar-refractivity contribution in [1.29, 1.82) is 0 Å². The van der Waals surface area contributed by atoms with Crippen LogP contribution in [0.5, 0.6) is 5.75 Å². The maximum absolute atomic E-state index is 12.8. The third-order valence-corrected chi connectivity index (χ3v) is 8.03. The number of aryl methyl sites for hydroxylation is 1. The van der Waals surface area contributed by atoms with Crippen LogP contribution in [-0.4, -0.2) is 30.6 Å². The lowest BCUT2D eigenvalue weighted by atomic mass is 10.2. The largest absolute Gasteiger partial charge is 0.506 e. The summed E-state index contributed by atoms with van der Waals surface area (Å²) in [6, 6.07) is 12.8. The summed E-state index contributed by atoms with van der Waals surface area (Å²) in [6.45, 7) is 3.00. The van der Waals surface area contributed by atoms with Crippen molar-refractivity contribution in [2.24, 2.45) is 0 Å². The van der Waals surface area contributed by atoms with Crippen LogP contribution in [-0.2, 0) is 14.6 Å². The first-order chi connectivity index (χ1) is 15.9. The van der Waals surface area contributed by atoms with Crippen LogP contribution in [0.3, 0.4) is 0 Å². The highest BCUT2D eigenvalue weighted by atomic mass is 35.5. The molecule has 0 saturated heterocycles. The lowest BCUT2D eigenvalue weighted by Crippen LogP contribution is -2.32. The van der Waals surface area contributed by atoms with Gasteiger partial charge in [0.25, 0.3) is 5.91 Å². The zero-order valence-electron chi connectivity index (χ0n) is 17.9. The van der Waals surface area contributed by atoms with Crippen molar-refractivity contribution in [2.75, 3.05) is 10.6 Å². The molecular weight excluding hydrogens is 523 g/mol. The normalized spacial score (nSPS) is 12.1. The fourth-order valence-electron chi connectivity index (χ4n) is 2.96. The Kier molecular flexibility index (Phi) is 7.77. The van der Waals surface area contributed by atoms with Crippen LogP contribution in [0, 0.1) is 6.92 Å². The number of nitrogens with one attached hydrogen (secondary N) is 2. The minimum absolute atomic E-state index is 0.0180. The van der Waals surface area contributed by atoms with Crippen LogP contribution in [0.25, 0.3) is 0 Å². The van der Waals surface area contributed by atoms with Gasteiger partial charge in [-0.25, -0.2) is 8.42 Å². The molecular formula is C23H19Cl3N2O5S. The van der Waals surface area contributed by atoms with E-state index in [4.69, 9.17) is 34.8 Å². The Labute approximate surface area is 211 Å². The Morgan fingerprint density at radius 3 is 2.24 bits per heavy atom. The number of hydrogen-bond acceptors (Lipinski definition) is 5. The molecule has 0 aliphatic rings. The number of anilines is 2. The Bertz CT molecular complexity index is 1390. The summed E-state index contributed by atoms with van der Waals surface area (Å²) in [4.78, 5) is 25.1. The van der Waals surface area contributed by atoms with Gasteiger partial charge < -0.3 is 15.7 Å². The molecule has 0 spiro atoms. The van der Waals surface area contributed by atoms with Gasteiger partial charge in [0.05, 0.1) is 31.3 Å².